The highest BCUT2D eigenvalue weighted by Crippen LogP contribution is 2.34. The highest BCUT2D eigenvalue weighted by molar-refractivity contribution is 5.46. The molecule has 1 heteroatoms. The van der Waals surface area contributed by atoms with Gasteiger partial charge in [0, 0.05) is 0 Å². The fourth-order valence-corrected chi connectivity index (χ4v) is 3.61. The van der Waals surface area contributed by atoms with Gasteiger partial charge in [-0.05, 0) is 54.9 Å². The molecule has 0 radical (unpaired) electrons. The molecule has 1 nitrogen and oxygen atoms in total. The summed E-state index contributed by atoms with van der Waals surface area (Å²) >= 11 is 0. The van der Waals surface area contributed by atoms with Crippen molar-refractivity contribution in [2.45, 2.75) is 110 Å². The normalized spacial score (nSPS) is 15.1. The molecule has 0 unspecified atom stereocenters. The van der Waals surface area contributed by atoms with Gasteiger partial charge in [0.2, 0.25) is 0 Å². The van der Waals surface area contributed by atoms with E-state index in [1.165, 1.54) is 93.8 Å². The molecule has 0 heterocycles. The first-order valence-corrected chi connectivity index (χ1v) is 10.5. The standard InChI is InChI=1S/C23H40O/c1-4-6-8-10-12-14-16-21-20(3)18-19-23(24)22(21)17-15-13-11-9-7-5-2/h19,24H,3-18H2,1-2H3. The van der Waals surface area contributed by atoms with E-state index >= 15 is 0 Å². The molecular formula is C23H40O. The van der Waals surface area contributed by atoms with Crippen LogP contribution in [0.5, 0.6) is 0 Å². The quantitative estimate of drug-likeness (QED) is 0.318. The number of allylic oxidation sites excluding steroid dienone is 4. The van der Waals surface area contributed by atoms with Crippen molar-refractivity contribution in [3.05, 3.63) is 35.1 Å². The molecule has 0 fully saturated rings. The predicted octanol–water partition coefficient (Wildman–Crippen LogP) is 8.19. The lowest BCUT2D eigenvalue weighted by Gasteiger charge is -2.21. The highest BCUT2D eigenvalue weighted by atomic mass is 16.3. The van der Waals surface area contributed by atoms with Gasteiger partial charge >= 0.3 is 0 Å². The number of rotatable bonds is 14. The van der Waals surface area contributed by atoms with Crippen LogP contribution in [0.3, 0.4) is 0 Å². The Morgan fingerprint density at radius 3 is 1.75 bits per heavy atom. The van der Waals surface area contributed by atoms with Crippen LogP contribution in [0.1, 0.15) is 110 Å². The highest BCUT2D eigenvalue weighted by Gasteiger charge is 2.17. The van der Waals surface area contributed by atoms with Crippen LogP contribution in [0.2, 0.25) is 0 Å². The summed E-state index contributed by atoms with van der Waals surface area (Å²) in [6.07, 6.45) is 20.7. The minimum absolute atomic E-state index is 0.539. The molecule has 0 saturated carbocycles. The Morgan fingerprint density at radius 1 is 0.750 bits per heavy atom. The van der Waals surface area contributed by atoms with Crippen LogP contribution < -0.4 is 0 Å². The van der Waals surface area contributed by atoms with E-state index in [4.69, 9.17) is 0 Å². The van der Waals surface area contributed by atoms with Crippen molar-refractivity contribution < 1.29 is 5.11 Å². The lowest BCUT2D eigenvalue weighted by atomic mass is 9.86. The van der Waals surface area contributed by atoms with Crippen LogP contribution in [0.15, 0.2) is 35.1 Å². The van der Waals surface area contributed by atoms with Crippen molar-refractivity contribution in [2.75, 3.05) is 0 Å². The number of hydrogen-bond acceptors (Lipinski definition) is 1. The molecule has 0 atom stereocenters. The molecule has 24 heavy (non-hydrogen) atoms. The molecule has 0 aromatic heterocycles. The van der Waals surface area contributed by atoms with E-state index in [9.17, 15) is 5.11 Å². The van der Waals surface area contributed by atoms with Gasteiger partial charge in [0.1, 0.15) is 5.76 Å². The van der Waals surface area contributed by atoms with Crippen LogP contribution in [-0.2, 0) is 0 Å². The average Bonchev–Trinajstić information content (AvgIpc) is 2.58. The van der Waals surface area contributed by atoms with Crippen LogP contribution >= 0.6 is 0 Å². The molecule has 0 aromatic carbocycles. The third kappa shape index (κ3) is 8.22. The molecule has 0 spiro atoms. The zero-order valence-corrected chi connectivity index (χ0v) is 16.3. The van der Waals surface area contributed by atoms with Crippen LogP contribution in [0.4, 0.5) is 0 Å². The fourth-order valence-electron chi connectivity index (χ4n) is 3.61. The molecule has 1 rings (SSSR count). The Bertz CT molecular complexity index is 396. The van der Waals surface area contributed by atoms with E-state index in [2.05, 4.69) is 20.4 Å². The second-order valence-electron chi connectivity index (χ2n) is 7.39. The van der Waals surface area contributed by atoms with E-state index in [0.29, 0.717) is 5.76 Å². The monoisotopic (exact) mass is 332 g/mol. The van der Waals surface area contributed by atoms with Gasteiger partial charge in [-0.3, -0.25) is 0 Å². The third-order valence-corrected chi connectivity index (χ3v) is 5.20. The van der Waals surface area contributed by atoms with Crippen molar-refractivity contribution in [3.8, 4) is 0 Å². The summed E-state index contributed by atoms with van der Waals surface area (Å²) in [5.74, 6) is 0.539. The molecule has 1 aliphatic carbocycles. The van der Waals surface area contributed by atoms with Crippen molar-refractivity contribution in [1.29, 1.82) is 0 Å². The summed E-state index contributed by atoms with van der Waals surface area (Å²) in [5.41, 5.74) is 3.82. The zero-order chi connectivity index (χ0) is 17.6. The smallest absolute Gasteiger partial charge is 0.115 e. The summed E-state index contributed by atoms with van der Waals surface area (Å²) in [7, 11) is 0. The molecule has 0 saturated heterocycles. The Balaban J connectivity index is 2.43. The maximum Gasteiger partial charge on any atom is 0.115 e. The van der Waals surface area contributed by atoms with Crippen LogP contribution in [0, 0.1) is 0 Å². The largest absolute Gasteiger partial charge is 0.508 e. The maximum absolute atomic E-state index is 10.3. The van der Waals surface area contributed by atoms with E-state index in [1.807, 2.05) is 6.08 Å². The lowest BCUT2D eigenvalue weighted by Crippen LogP contribution is -2.04. The Labute approximate surface area is 150 Å². The summed E-state index contributed by atoms with van der Waals surface area (Å²) in [6.45, 7) is 8.79. The van der Waals surface area contributed by atoms with E-state index < -0.39 is 0 Å². The second-order valence-corrected chi connectivity index (χ2v) is 7.39. The van der Waals surface area contributed by atoms with Gasteiger partial charge in [0.15, 0.2) is 0 Å². The first-order chi connectivity index (χ1) is 11.7. The van der Waals surface area contributed by atoms with Crippen molar-refractivity contribution >= 4 is 0 Å². The third-order valence-electron chi connectivity index (χ3n) is 5.20. The van der Waals surface area contributed by atoms with Gasteiger partial charge in [-0.2, -0.15) is 0 Å². The molecule has 0 bridgehead atoms. The SMILES string of the molecule is C=C1CC=C(O)C(CCCCCCCC)=C1CCCCCCCC. The first-order valence-electron chi connectivity index (χ1n) is 10.5. The summed E-state index contributed by atoms with van der Waals surface area (Å²) < 4.78 is 0. The summed E-state index contributed by atoms with van der Waals surface area (Å²) in [6, 6.07) is 0. The molecule has 1 aliphatic rings. The maximum atomic E-state index is 10.3. The number of aliphatic hydroxyl groups excluding tert-OH is 1. The average molecular weight is 333 g/mol. The second kappa shape index (κ2) is 13.3. The van der Waals surface area contributed by atoms with E-state index in [1.54, 1.807) is 0 Å². The Morgan fingerprint density at radius 2 is 1.21 bits per heavy atom. The fraction of sp³-hybridized carbons (Fsp3) is 0.739. The summed E-state index contributed by atoms with van der Waals surface area (Å²) in [5, 5.41) is 10.3. The van der Waals surface area contributed by atoms with Crippen LogP contribution in [0.25, 0.3) is 0 Å². The van der Waals surface area contributed by atoms with Crippen molar-refractivity contribution in [2.24, 2.45) is 0 Å². The topological polar surface area (TPSA) is 20.2 Å². The summed E-state index contributed by atoms with van der Waals surface area (Å²) in [4.78, 5) is 0. The molecule has 0 amide bonds. The van der Waals surface area contributed by atoms with Gasteiger partial charge in [-0.25, -0.2) is 0 Å². The van der Waals surface area contributed by atoms with Crippen molar-refractivity contribution in [1.82, 2.24) is 0 Å². The van der Waals surface area contributed by atoms with E-state index in [-0.39, 0.29) is 0 Å². The first kappa shape index (κ1) is 21.1. The Kier molecular flexibility index (Phi) is 11.7. The van der Waals surface area contributed by atoms with Gasteiger partial charge in [0.05, 0.1) is 0 Å². The van der Waals surface area contributed by atoms with Gasteiger partial charge < -0.3 is 5.11 Å². The number of aliphatic hydroxyl groups is 1. The lowest BCUT2D eigenvalue weighted by molar-refractivity contribution is 0.410. The van der Waals surface area contributed by atoms with Gasteiger partial charge in [0.25, 0.3) is 0 Å². The van der Waals surface area contributed by atoms with Crippen molar-refractivity contribution in [3.63, 3.8) is 0 Å². The molecular weight excluding hydrogens is 292 g/mol. The minimum atomic E-state index is 0.539. The Hall–Kier alpha value is -0.980. The molecule has 1 N–H and O–H groups in total. The minimum Gasteiger partial charge on any atom is -0.508 e. The van der Waals surface area contributed by atoms with Gasteiger partial charge in [-0.15, -0.1) is 0 Å². The molecule has 0 aliphatic heterocycles. The molecule has 138 valence electrons. The molecule has 0 aromatic rings. The zero-order valence-electron chi connectivity index (χ0n) is 16.3. The van der Waals surface area contributed by atoms with Crippen LogP contribution in [-0.4, -0.2) is 5.11 Å². The van der Waals surface area contributed by atoms with E-state index in [0.717, 1.165) is 19.3 Å². The number of hydrogen-bond donors (Lipinski definition) is 1. The predicted molar refractivity (Wildman–Crippen MR) is 107 cm³/mol. The van der Waals surface area contributed by atoms with Gasteiger partial charge in [-0.1, -0.05) is 84.6 Å². The number of unbranched alkanes of at least 4 members (excludes halogenated alkanes) is 10.